The zero-order valence-electron chi connectivity index (χ0n) is 8.87. The summed E-state index contributed by atoms with van der Waals surface area (Å²) in [4.78, 5) is 11.2. The molecule has 0 bridgehead atoms. The van der Waals surface area contributed by atoms with Crippen LogP contribution in [-0.4, -0.2) is 19.6 Å². The fraction of sp³-hybridized carbons (Fsp3) is 0.364. The Labute approximate surface area is 92.2 Å². The van der Waals surface area contributed by atoms with Gasteiger partial charge in [-0.15, -0.1) is 0 Å². The summed E-state index contributed by atoms with van der Waals surface area (Å²) in [6.07, 6.45) is 0.106. The Morgan fingerprint density at radius 3 is 2.69 bits per heavy atom. The lowest BCUT2D eigenvalue weighted by molar-refractivity contribution is -0.145. The van der Waals surface area contributed by atoms with Crippen LogP contribution in [0.5, 0.6) is 0 Å². The van der Waals surface area contributed by atoms with Crippen molar-refractivity contribution in [2.45, 2.75) is 6.42 Å². The summed E-state index contributed by atoms with van der Waals surface area (Å²) in [5, 5.41) is 0. The van der Waals surface area contributed by atoms with Crippen LogP contribution < -0.4 is 5.73 Å². The van der Waals surface area contributed by atoms with Crippen LogP contribution >= 0.6 is 0 Å². The molecule has 1 rings (SSSR count). The van der Waals surface area contributed by atoms with Gasteiger partial charge in [0.05, 0.1) is 13.0 Å². The molecule has 0 aliphatic heterocycles. The van der Waals surface area contributed by atoms with Crippen molar-refractivity contribution in [3.63, 3.8) is 0 Å². The van der Waals surface area contributed by atoms with E-state index in [-0.39, 0.29) is 18.5 Å². The Hall–Kier alpha value is -1.49. The molecular weight excluding hydrogens is 216 g/mol. The van der Waals surface area contributed by atoms with E-state index in [9.17, 15) is 13.6 Å². The first-order valence-corrected chi connectivity index (χ1v) is 4.80. The molecule has 0 spiro atoms. The highest BCUT2D eigenvalue weighted by atomic mass is 19.1. The third kappa shape index (κ3) is 3.00. The number of rotatable bonds is 4. The third-order valence-corrected chi connectivity index (χ3v) is 2.30. The van der Waals surface area contributed by atoms with E-state index in [0.29, 0.717) is 0 Å². The molecule has 0 radical (unpaired) electrons. The summed E-state index contributed by atoms with van der Waals surface area (Å²) < 4.78 is 30.4. The van der Waals surface area contributed by atoms with Crippen molar-refractivity contribution in [2.75, 3.05) is 13.7 Å². The Bertz CT molecular complexity index is 382. The number of carbonyl (C=O) groups excluding carboxylic acids is 1. The minimum absolute atomic E-state index is 0.0590. The molecule has 88 valence electrons. The molecule has 5 heteroatoms. The van der Waals surface area contributed by atoms with Crippen molar-refractivity contribution in [1.29, 1.82) is 0 Å². The minimum Gasteiger partial charge on any atom is -0.469 e. The van der Waals surface area contributed by atoms with Crippen LogP contribution in [0.1, 0.15) is 5.56 Å². The second-order valence-corrected chi connectivity index (χ2v) is 3.40. The van der Waals surface area contributed by atoms with E-state index in [1.54, 1.807) is 0 Å². The molecule has 1 atom stereocenters. The average Bonchev–Trinajstić information content (AvgIpc) is 2.27. The minimum atomic E-state index is -0.678. The molecule has 3 nitrogen and oxygen atoms in total. The molecule has 0 amide bonds. The van der Waals surface area contributed by atoms with Crippen LogP contribution in [0.2, 0.25) is 0 Å². The van der Waals surface area contributed by atoms with Gasteiger partial charge in [0.15, 0.2) is 0 Å². The largest absolute Gasteiger partial charge is 0.469 e. The van der Waals surface area contributed by atoms with Crippen LogP contribution in [0.25, 0.3) is 0 Å². The molecular formula is C11H13F2NO2. The summed E-state index contributed by atoms with van der Waals surface area (Å²) >= 11 is 0. The lowest BCUT2D eigenvalue weighted by Crippen LogP contribution is -2.27. The molecule has 0 aliphatic rings. The van der Waals surface area contributed by atoms with Crippen LogP contribution in [0, 0.1) is 17.6 Å². The molecule has 0 saturated carbocycles. The van der Waals surface area contributed by atoms with Crippen molar-refractivity contribution < 1.29 is 18.3 Å². The van der Waals surface area contributed by atoms with Gasteiger partial charge in [0.2, 0.25) is 0 Å². The highest BCUT2D eigenvalue weighted by molar-refractivity contribution is 5.72. The standard InChI is InChI=1S/C11H13F2NO2/c1-16-11(15)8(6-14)4-7-2-3-9(12)5-10(7)13/h2-3,5,8H,4,6,14H2,1H3. The number of esters is 1. The lowest BCUT2D eigenvalue weighted by Gasteiger charge is -2.12. The number of halogens is 2. The first kappa shape index (κ1) is 12.6. The van der Waals surface area contributed by atoms with Crippen molar-refractivity contribution >= 4 is 5.97 Å². The molecule has 1 aromatic carbocycles. The topological polar surface area (TPSA) is 52.3 Å². The van der Waals surface area contributed by atoms with Crippen molar-refractivity contribution in [3.05, 3.63) is 35.4 Å². The van der Waals surface area contributed by atoms with E-state index in [2.05, 4.69) is 4.74 Å². The molecule has 0 aromatic heterocycles. The predicted octanol–water partition coefficient (Wildman–Crippen LogP) is 1.26. The average molecular weight is 229 g/mol. The van der Waals surface area contributed by atoms with E-state index in [0.717, 1.165) is 12.1 Å². The van der Waals surface area contributed by atoms with Crippen LogP contribution in [0.3, 0.4) is 0 Å². The van der Waals surface area contributed by atoms with Gasteiger partial charge in [-0.25, -0.2) is 8.78 Å². The molecule has 2 N–H and O–H groups in total. The van der Waals surface area contributed by atoms with E-state index in [1.165, 1.54) is 13.2 Å². The molecule has 0 heterocycles. The van der Waals surface area contributed by atoms with Crippen molar-refractivity contribution in [3.8, 4) is 0 Å². The quantitative estimate of drug-likeness (QED) is 0.791. The number of methoxy groups -OCH3 is 1. The fourth-order valence-electron chi connectivity index (χ4n) is 1.38. The fourth-order valence-corrected chi connectivity index (χ4v) is 1.38. The zero-order valence-corrected chi connectivity index (χ0v) is 8.87. The van der Waals surface area contributed by atoms with Gasteiger partial charge in [0.25, 0.3) is 0 Å². The van der Waals surface area contributed by atoms with E-state index < -0.39 is 23.5 Å². The van der Waals surface area contributed by atoms with Crippen molar-refractivity contribution in [1.82, 2.24) is 0 Å². The Morgan fingerprint density at radius 1 is 1.50 bits per heavy atom. The monoisotopic (exact) mass is 229 g/mol. The number of hydrogen-bond acceptors (Lipinski definition) is 3. The first-order valence-electron chi connectivity index (χ1n) is 4.80. The highest BCUT2D eigenvalue weighted by Gasteiger charge is 2.19. The van der Waals surface area contributed by atoms with Crippen LogP contribution in [-0.2, 0) is 16.0 Å². The van der Waals surface area contributed by atoms with Crippen LogP contribution in [0.4, 0.5) is 8.78 Å². The van der Waals surface area contributed by atoms with Crippen LogP contribution in [0.15, 0.2) is 18.2 Å². The van der Waals surface area contributed by atoms with Gasteiger partial charge in [-0.2, -0.15) is 0 Å². The number of nitrogens with two attached hydrogens (primary N) is 1. The zero-order chi connectivity index (χ0) is 12.1. The molecule has 16 heavy (non-hydrogen) atoms. The number of carbonyl (C=O) groups is 1. The second-order valence-electron chi connectivity index (χ2n) is 3.40. The van der Waals surface area contributed by atoms with Crippen molar-refractivity contribution in [2.24, 2.45) is 11.7 Å². The van der Waals surface area contributed by atoms with Gasteiger partial charge < -0.3 is 10.5 Å². The lowest BCUT2D eigenvalue weighted by atomic mass is 9.99. The van der Waals surface area contributed by atoms with Gasteiger partial charge in [0, 0.05) is 12.6 Å². The SMILES string of the molecule is COC(=O)C(CN)Cc1ccc(F)cc1F. The summed E-state index contributed by atoms with van der Waals surface area (Å²) in [6.45, 7) is 0.0590. The van der Waals surface area contributed by atoms with Gasteiger partial charge in [-0.05, 0) is 18.1 Å². The van der Waals surface area contributed by atoms with Gasteiger partial charge in [-0.1, -0.05) is 6.07 Å². The van der Waals surface area contributed by atoms with Gasteiger partial charge >= 0.3 is 5.97 Å². The molecule has 1 unspecified atom stereocenters. The number of benzene rings is 1. The molecule has 0 fully saturated rings. The Kier molecular flexibility index (Phi) is 4.37. The number of hydrogen-bond donors (Lipinski definition) is 1. The van der Waals surface area contributed by atoms with E-state index in [4.69, 9.17) is 5.73 Å². The normalized spacial score (nSPS) is 12.2. The highest BCUT2D eigenvalue weighted by Crippen LogP contribution is 2.14. The van der Waals surface area contributed by atoms with E-state index in [1.807, 2.05) is 0 Å². The molecule has 0 saturated heterocycles. The van der Waals surface area contributed by atoms with Gasteiger partial charge in [-0.3, -0.25) is 4.79 Å². The Morgan fingerprint density at radius 2 is 2.19 bits per heavy atom. The maximum absolute atomic E-state index is 13.3. The number of ether oxygens (including phenoxy) is 1. The predicted molar refractivity (Wildman–Crippen MR) is 54.6 cm³/mol. The Balaban J connectivity index is 2.82. The first-order chi connectivity index (χ1) is 7.58. The smallest absolute Gasteiger partial charge is 0.310 e. The summed E-state index contributed by atoms with van der Waals surface area (Å²) in [6, 6.07) is 3.22. The maximum atomic E-state index is 13.3. The maximum Gasteiger partial charge on any atom is 0.310 e. The second kappa shape index (κ2) is 5.55. The summed E-state index contributed by atoms with van der Waals surface area (Å²) in [5.74, 6) is -2.43. The van der Waals surface area contributed by atoms with E-state index >= 15 is 0 Å². The summed E-state index contributed by atoms with van der Waals surface area (Å²) in [7, 11) is 1.24. The molecule has 1 aromatic rings. The summed E-state index contributed by atoms with van der Waals surface area (Å²) in [5.41, 5.74) is 5.63. The van der Waals surface area contributed by atoms with Gasteiger partial charge in [0.1, 0.15) is 11.6 Å². The molecule has 0 aliphatic carbocycles. The third-order valence-electron chi connectivity index (χ3n) is 2.30.